The zero-order chi connectivity index (χ0) is 17.5. The Balaban J connectivity index is 1.89. The van der Waals surface area contributed by atoms with Gasteiger partial charge in [-0.3, -0.25) is 0 Å². The van der Waals surface area contributed by atoms with Gasteiger partial charge >= 0.3 is 6.09 Å². The first-order chi connectivity index (χ1) is 11.5. The minimum atomic E-state index is -1.07. The highest BCUT2D eigenvalue weighted by atomic mass is 127. The minimum Gasteiger partial charge on any atom is -0.465 e. The van der Waals surface area contributed by atoms with Crippen molar-refractivity contribution in [1.29, 1.82) is 0 Å². The number of benzene rings is 2. The quantitative estimate of drug-likeness (QED) is 0.545. The van der Waals surface area contributed by atoms with Crippen molar-refractivity contribution < 1.29 is 15.0 Å². The van der Waals surface area contributed by atoms with Gasteiger partial charge in [0.2, 0.25) is 0 Å². The van der Waals surface area contributed by atoms with Gasteiger partial charge in [0, 0.05) is 27.4 Å². The number of nitrogens with zero attached hydrogens (tertiary/aromatic N) is 1. The molecular weight excluding hydrogens is 443 g/mol. The molecule has 1 amide bonds. The van der Waals surface area contributed by atoms with E-state index >= 15 is 0 Å². The van der Waals surface area contributed by atoms with Gasteiger partial charge in [-0.05, 0) is 64.6 Å². The predicted molar refractivity (Wildman–Crippen MR) is 104 cm³/mol. The van der Waals surface area contributed by atoms with Crippen molar-refractivity contribution in [3.8, 4) is 0 Å². The topological polar surface area (TPSA) is 72.8 Å². The lowest BCUT2D eigenvalue weighted by atomic mass is 10.1. The van der Waals surface area contributed by atoms with Crippen LogP contribution in [-0.4, -0.2) is 40.8 Å². The molecule has 0 unspecified atom stereocenters. The lowest BCUT2D eigenvalue weighted by Gasteiger charge is -2.23. The summed E-state index contributed by atoms with van der Waals surface area (Å²) in [5, 5.41) is 23.2. The molecule has 0 aromatic heterocycles. The lowest BCUT2D eigenvalue weighted by Crippen LogP contribution is -2.37. The monoisotopic (exact) mass is 460 g/mol. The second-order valence-electron chi connectivity index (χ2n) is 5.23. The fourth-order valence-electron chi connectivity index (χ4n) is 2.20. The molecule has 1 atom stereocenters. The van der Waals surface area contributed by atoms with E-state index in [0.29, 0.717) is 17.1 Å². The number of amides is 1. The third-order valence-corrected chi connectivity index (χ3v) is 4.41. The molecule has 24 heavy (non-hydrogen) atoms. The van der Waals surface area contributed by atoms with Gasteiger partial charge in [-0.1, -0.05) is 23.7 Å². The zero-order valence-electron chi connectivity index (χ0n) is 12.8. The largest absolute Gasteiger partial charge is 0.465 e. The van der Waals surface area contributed by atoms with Gasteiger partial charge < -0.3 is 20.4 Å². The predicted octanol–water partition coefficient (Wildman–Crippen LogP) is 4.07. The molecule has 0 saturated carbocycles. The third kappa shape index (κ3) is 5.85. The first kappa shape index (κ1) is 18.8. The van der Waals surface area contributed by atoms with Crippen LogP contribution in [0.4, 0.5) is 10.5 Å². The van der Waals surface area contributed by atoms with Gasteiger partial charge in [0.1, 0.15) is 0 Å². The summed E-state index contributed by atoms with van der Waals surface area (Å²) in [6.07, 6.45) is -1.99. The molecule has 0 heterocycles. The van der Waals surface area contributed by atoms with Gasteiger partial charge in [-0.2, -0.15) is 0 Å². The number of rotatable bonds is 7. The van der Waals surface area contributed by atoms with E-state index in [9.17, 15) is 15.0 Å². The summed E-state index contributed by atoms with van der Waals surface area (Å²) in [6, 6.07) is 14.6. The first-order valence-corrected chi connectivity index (χ1v) is 8.82. The molecule has 2 aromatic carbocycles. The highest BCUT2D eigenvalue weighted by molar-refractivity contribution is 14.1. The molecule has 2 aromatic rings. The molecule has 0 fully saturated rings. The Labute approximate surface area is 159 Å². The summed E-state index contributed by atoms with van der Waals surface area (Å²) in [5.41, 5.74) is 1.52. The van der Waals surface area contributed by atoms with E-state index < -0.39 is 12.2 Å². The molecule has 7 heteroatoms. The van der Waals surface area contributed by atoms with Crippen molar-refractivity contribution in [2.45, 2.75) is 6.10 Å². The Bertz CT molecular complexity index is 682. The molecule has 5 nitrogen and oxygen atoms in total. The molecule has 3 N–H and O–H groups in total. The molecule has 0 saturated heterocycles. The van der Waals surface area contributed by atoms with Crippen LogP contribution in [0.15, 0.2) is 48.5 Å². The summed E-state index contributed by atoms with van der Waals surface area (Å²) >= 11 is 8.12. The zero-order valence-corrected chi connectivity index (χ0v) is 15.7. The number of anilines is 1. The Morgan fingerprint density at radius 3 is 2.58 bits per heavy atom. The molecule has 0 aliphatic rings. The number of halogens is 2. The molecule has 0 aliphatic carbocycles. The molecule has 0 bridgehead atoms. The van der Waals surface area contributed by atoms with Crippen LogP contribution >= 0.6 is 34.2 Å². The van der Waals surface area contributed by atoms with Crippen LogP contribution in [-0.2, 0) is 0 Å². The molecule has 0 aliphatic heterocycles. The number of hydrogen-bond acceptors (Lipinski definition) is 3. The first-order valence-electron chi connectivity index (χ1n) is 7.36. The van der Waals surface area contributed by atoms with E-state index in [2.05, 4.69) is 27.9 Å². The van der Waals surface area contributed by atoms with E-state index in [-0.39, 0.29) is 13.1 Å². The Hall–Kier alpha value is -1.51. The van der Waals surface area contributed by atoms with Crippen molar-refractivity contribution in [2.75, 3.05) is 25.0 Å². The molecule has 0 radical (unpaired) electrons. The third-order valence-electron chi connectivity index (χ3n) is 3.45. The van der Waals surface area contributed by atoms with Gasteiger partial charge in [0.05, 0.1) is 12.6 Å². The maximum Gasteiger partial charge on any atom is 0.407 e. The summed E-state index contributed by atoms with van der Waals surface area (Å²) in [6.45, 7) is 0.706. The average molecular weight is 461 g/mol. The van der Waals surface area contributed by atoms with Crippen molar-refractivity contribution in [3.05, 3.63) is 62.7 Å². The number of carboxylic acid groups (broad SMARTS) is 1. The van der Waals surface area contributed by atoms with E-state index in [1.165, 1.54) is 4.90 Å². The number of nitrogens with one attached hydrogen (secondary N) is 1. The normalized spacial score (nSPS) is 11.8. The molecular formula is C17H18ClIN2O3. The van der Waals surface area contributed by atoms with Crippen molar-refractivity contribution in [3.63, 3.8) is 0 Å². The Kier molecular flexibility index (Phi) is 7.14. The van der Waals surface area contributed by atoms with E-state index in [4.69, 9.17) is 11.6 Å². The van der Waals surface area contributed by atoms with Gasteiger partial charge in [-0.25, -0.2) is 4.79 Å². The summed E-state index contributed by atoms with van der Waals surface area (Å²) in [5.74, 6) is 0. The number of aliphatic hydroxyl groups excluding tert-OH is 1. The second-order valence-corrected chi connectivity index (χ2v) is 6.92. The van der Waals surface area contributed by atoms with Crippen LogP contribution in [0.2, 0.25) is 5.02 Å². The molecule has 0 spiro atoms. The van der Waals surface area contributed by atoms with Crippen LogP contribution in [0.3, 0.4) is 0 Å². The highest BCUT2D eigenvalue weighted by Crippen LogP contribution is 2.19. The van der Waals surface area contributed by atoms with Crippen LogP contribution < -0.4 is 5.32 Å². The molecule has 2 rings (SSSR count). The van der Waals surface area contributed by atoms with E-state index in [1.54, 1.807) is 24.3 Å². The van der Waals surface area contributed by atoms with Gasteiger partial charge in [0.25, 0.3) is 0 Å². The van der Waals surface area contributed by atoms with Gasteiger partial charge in [0.15, 0.2) is 0 Å². The smallest absolute Gasteiger partial charge is 0.407 e. The summed E-state index contributed by atoms with van der Waals surface area (Å²) in [4.78, 5) is 12.6. The van der Waals surface area contributed by atoms with Crippen LogP contribution in [0, 0.1) is 3.57 Å². The van der Waals surface area contributed by atoms with Crippen molar-refractivity contribution >= 4 is 46.0 Å². The SMILES string of the molecule is O=C(O)N(CCNc1ccc(I)cc1)C[C@H](O)c1cccc(Cl)c1. The van der Waals surface area contributed by atoms with Crippen molar-refractivity contribution in [1.82, 2.24) is 4.90 Å². The fourth-order valence-corrected chi connectivity index (χ4v) is 2.75. The number of hydrogen-bond donors (Lipinski definition) is 3. The maximum atomic E-state index is 11.4. The summed E-state index contributed by atoms with van der Waals surface area (Å²) in [7, 11) is 0. The van der Waals surface area contributed by atoms with Crippen LogP contribution in [0.25, 0.3) is 0 Å². The lowest BCUT2D eigenvalue weighted by molar-refractivity contribution is 0.0986. The fraction of sp³-hybridized carbons (Fsp3) is 0.235. The van der Waals surface area contributed by atoms with Crippen LogP contribution in [0.1, 0.15) is 11.7 Å². The Morgan fingerprint density at radius 2 is 1.96 bits per heavy atom. The van der Waals surface area contributed by atoms with Gasteiger partial charge in [-0.15, -0.1) is 0 Å². The maximum absolute atomic E-state index is 11.4. The minimum absolute atomic E-state index is 0.00988. The van der Waals surface area contributed by atoms with E-state index in [1.807, 2.05) is 24.3 Å². The Morgan fingerprint density at radius 1 is 1.25 bits per heavy atom. The highest BCUT2D eigenvalue weighted by Gasteiger charge is 2.17. The standard InChI is InChI=1S/C17H18ClIN2O3/c18-13-3-1-2-12(10-13)16(22)11-21(17(23)24)9-8-20-15-6-4-14(19)5-7-15/h1-7,10,16,20,22H,8-9,11H2,(H,23,24)/t16-/m0/s1. The second kappa shape index (κ2) is 9.10. The average Bonchev–Trinajstić information content (AvgIpc) is 2.55. The number of carbonyl (C=O) groups is 1. The van der Waals surface area contributed by atoms with Crippen molar-refractivity contribution in [2.24, 2.45) is 0 Å². The van der Waals surface area contributed by atoms with Crippen LogP contribution in [0.5, 0.6) is 0 Å². The van der Waals surface area contributed by atoms with E-state index in [0.717, 1.165) is 9.26 Å². The summed E-state index contributed by atoms with van der Waals surface area (Å²) < 4.78 is 1.13. The molecule has 128 valence electrons. The number of aliphatic hydroxyl groups is 1.